The van der Waals surface area contributed by atoms with Crippen molar-refractivity contribution in [3.05, 3.63) is 35.9 Å². The van der Waals surface area contributed by atoms with Crippen molar-refractivity contribution >= 4 is 12.2 Å². The first-order chi connectivity index (χ1) is 6.38. The van der Waals surface area contributed by atoms with E-state index < -0.39 is 6.04 Å². The summed E-state index contributed by atoms with van der Waals surface area (Å²) in [5.74, 6) is -0.131. The Hall–Kier alpha value is -1.84. The third-order valence-corrected chi connectivity index (χ3v) is 1.85. The molecule has 4 heteroatoms. The Bertz CT molecular complexity index is 334. The van der Waals surface area contributed by atoms with E-state index in [2.05, 4.69) is 15.8 Å². The first-order valence-corrected chi connectivity index (χ1v) is 4.00. The molecule has 1 aromatic rings. The van der Waals surface area contributed by atoms with Crippen molar-refractivity contribution < 1.29 is 4.79 Å². The fraction of sp³-hybridized carbons (Fsp3) is 0.111. The fourth-order valence-electron chi connectivity index (χ4n) is 1.22. The molecule has 4 nitrogen and oxygen atoms in total. The molecule has 2 rings (SSSR count). The Kier molecular flexibility index (Phi) is 1.96. The topological polar surface area (TPSA) is 53.5 Å². The number of carbonyl (C=O) groups is 1. The van der Waals surface area contributed by atoms with Crippen LogP contribution in [0.4, 0.5) is 0 Å². The number of benzene rings is 1. The summed E-state index contributed by atoms with van der Waals surface area (Å²) in [5, 5.41) is 0. The van der Waals surface area contributed by atoms with Crippen molar-refractivity contribution in [2.45, 2.75) is 6.04 Å². The number of carbonyl (C=O) groups excluding carboxylic acids is 1. The normalized spacial score (nSPS) is 20.6. The zero-order chi connectivity index (χ0) is 9.10. The number of nitrogens with zero attached hydrogens (tertiary/aromatic N) is 1. The molecule has 0 saturated heterocycles. The second kappa shape index (κ2) is 3.26. The van der Waals surface area contributed by atoms with Crippen LogP contribution in [0.5, 0.6) is 0 Å². The lowest BCUT2D eigenvalue weighted by Gasteiger charge is -2.16. The summed E-state index contributed by atoms with van der Waals surface area (Å²) in [7, 11) is 0. The summed E-state index contributed by atoms with van der Waals surface area (Å²) in [5.41, 5.74) is 5.94. The average Bonchev–Trinajstić information content (AvgIpc) is 2.20. The van der Waals surface area contributed by atoms with Gasteiger partial charge in [0, 0.05) is 0 Å². The van der Waals surface area contributed by atoms with Crippen molar-refractivity contribution in [2.24, 2.45) is 4.99 Å². The highest BCUT2D eigenvalue weighted by Gasteiger charge is 2.20. The summed E-state index contributed by atoms with van der Waals surface area (Å²) >= 11 is 0. The van der Waals surface area contributed by atoms with Gasteiger partial charge >= 0.3 is 0 Å². The van der Waals surface area contributed by atoms with Gasteiger partial charge in [-0.15, -0.1) is 0 Å². The number of aliphatic imine (C=N–C) groups is 1. The van der Waals surface area contributed by atoms with Crippen LogP contribution in [0.15, 0.2) is 35.3 Å². The van der Waals surface area contributed by atoms with Crippen LogP contribution in [0.25, 0.3) is 0 Å². The van der Waals surface area contributed by atoms with E-state index in [9.17, 15) is 4.79 Å². The molecule has 1 aliphatic rings. The number of hydrogen-bond acceptors (Lipinski definition) is 3. The highest BCUT2D eigenvalue weighted by molar-refractivity contribution is 5.87. The van der Waals surface area contributed by atoms with E-state index >= 15 is 0 Å². The maximum absolute atomic E-state index is 11.3. The second-order valence-corrected chi connectivity index (χ2v) is 2.72. The average molecular weight is 175 g/mol. The molecule has 66 valence electrons. The van der Waals surface area contributed by atoms with E-state index in [-0.39, 0.29) is 5.91 Å². The van der Waals surface area contributed by atoms with Crippen molar-refractivity contribution in [1.82, 2.24) is 10.9 Å². The van der Waals surface area contributed by atoms with E-state index in [1.165, 1.54) is 6.34 Å². The summed E-state index contributed by atoms with van der Waals surface area (Å²) in [4.78, 5) is 15.3. The lowest BCUT2D eigenvalue weighted by Crippen LogP contribution is -2.43. The van der Waals surface area contributed by atoms with Gasteiger partial charge in [-0.1, -0.05) is 30.3 Å². The van der Waals surface area contributed by atoms with Gasteiger partial charge in [0.15, 0.2) is 6.04 Å². The smallest absolute Gasteiger partial charge is 0.267 e. The van der Waals surface area contributed by atoms with Gasteiger partial charge in [-0.3, -0.25) is 20.6 Å². The quantitative estimate of drug-likeness (QED) is 0.648. The van der Waals surface area contributed by atoms with Gasteiger partial charge in [0.05, 0.1) is 0 Å². The van der Waals surface area contributed by atoms with E-state index in [0.717, 1.165) is 5.56 Å². The number of hydrazine groups is 1. The molecular weight excluding hydrogens is 166 g/mol. The molecule has 1 atom stereocenters. The van der Waals surface area contributed by atoms with Crippen molar-refractivity contribution in [2.75, 3.05) is 0 Å². The zero-order valence-corrected chi connectivity index (χ0v) is 6.90. The monoisotopic (exact) mass is 175 g/mol. The van der Waals surface area contributed by atoms with Gasteiger partial charge in [-0.2, -0.15) is 0 Å². The van der Waals surface area contributed by atoms with Crippen LogP contribution in [0.1, 0.15) is 11.6 Å². The van der Waals surface area contributed by atoms with Crippen molar-refractivity contribution in [3.8, 4) is 0 Å². The lowest BCUT2D eigenvalue weighted by molar-refractivity contribution is -0.123. The SMILES string of the molecule is O=C1NNC=N[C@H]1c1ccccc1. The van der Waals surface area contributed by atoms with Crippen LogP contribution >= 0.6 is 0 Å². The first-order valence-electron chi connectivity index (χ1n) is 4.00. The molecular formula is C9H9N3O. The van der Waals surface area contributed by atoms with Crippen molar-refractivity contribution in [1.29, 1.82) is 0 Å². The molecule has 1 amide bonds. The largest absolute Gasteiger partial charge is 0.288 e. The predicted octanol–water partition coefficient (Wildman–Crippen LogP) is 0.390. The van der Waals surface area contributed by atoms with E-state index in [1.807, 2.05) is 30.3 Å². The zero-order valence-electron chi connectivity index (χ0n) is 6.90. The van der Waals surface area contributed by atoms with Crippen LogP contribution in [0.3, 0.4) is 0 Å². The summed E-state index contributed by atoms with van der Waals surface area (Å²) in [6.45, 7) is 0. The van der Waals surface area contributed by atoms with Gasteiger partial charge in [0.2, 0.25) is 0 Å². The number of hydrogen-bond donors (Lipinski definition) is 2. The molecule has 1 heterocycles. The predicted molar refractivity (Wildman–Crippen MR) is 49.0 cm³/mol. The highest BCUT2D eigenvalue weighted by atomic mass is 16.2. The third-order valence-electron chi connectivity index (χ3n) is 1.85. The molecule has 0 aliphatic carbocycles. The van der Waals surface area contributed by atoms with Gasteiger partial charge in [0.25, 0.3) is 5.91 Å². The second-order valence-electron chi connectivity index (χ2n) is 2.72. The van der Waals surface area contributed by atoms with Crippen LogP contribution < -0.4 is 10.9 Å². The molecule has 0 fully saturated rings. The summed E-state index contributed by atoms with van der Waals surface area (Å²) in [6.07, 6.45) is 1.49. The Morgan fingerprint density at radius 2 is 2.00 bits per heavy atom. The first kappa shape index (κ1) is 7.79. The molecule has 13 heavy (non-hydrogen) atoms. The van der Waals surface area contributed by atoms with Gasteiger partial charge in [-0.05, 0) is 5.56 Å². The van der Waals surface area contributed by atoms with E-state index in [1.54, 1.807) is 0 Å². The number of amides is 1. The minimum Gasteiger partial charge on any atom is -0.288 e. The third kappa shape index (κ3) is 1.51. The van der Waals surface area contributed by atoms with Gasteiger partial charge < -0.3 is 0 Å². The van der Waals surface area contributed by atoms with Gasteiger partial charge in [-0.25, -0.2) is 0 Å². The highest BCUT2D eigenvalue weighted by Crippen LogP contribution is 2.17. The van der Waals surface area contributed by atoms with Crippen LogP contribution in [0.2, 0.25) is 0 Å². The molecule has 0 bridgehead atoms. The molecule has 0 saturated carbocycles. The van der Waals surface area contributed by atoms with E-state index in [0.29, 0.717) is 0 Å². The summed E-state index contributed by atoms with van der Waals surface area (Å²) < 4.78 is 0. The Balaban J connectivity index is 2.30. The molecule has 1 aliphatic heterocycles. The maximum atomic E-state index is 11.3. The molecule has 0 radical (unpaired) electrons. The molecule has 1 aromatic carbocycles. The van der Waals surface area contributed by atoms with Crippen LogP contribution in [0, 0.1) is 0 Å². The van der Waals surface area contributed by atoms with E-state index in [4.69, 9.17) is 0 Å². The van der Waals surface area contributed by atoms with Crippen LogP contribution in [-0.2, 0) is 4.79 Å². The molecule has 0 unspecified atom stereocenters. The minimum absolute atomic E-state index is 0.131. The number of rotatable bonds is 1. The Labute approximate surface area is 75.6 Å². The molecule has 0 aromatic heterocycles. The van der Waals surface area contributed by atoms with Gasteiger partial charge in [0.1, 0.15) is 6.34 Å². The standard InChI is InChI=1S/C9H9N3O/c13-9-8(10-6-11-12-9)7-4-2-1-3-5-7/h1-6,8H,(H,10,11)(H,12,13)/t8-/m0/s1. The summed E-state index contributed by atoms with van der Waals surface area (Å²) in [6, 6.07) is 9.04. The Morgan fingerprint density at radius 3 is 2.69 bits per heavy atom. The molecule has 2 N–H and O–H groups in total. The Morgan fingerprint density at radius 1 is 1.23 bits per heavy atom. The fourth-order valence-corrected chi connectivity index (χ4v) is 1.22. The minimum atomic E-state index is -0.414. The lowest BCUT2D eigenvalue weighted by atomic mass is 10.1. The number of nitrogens with one attached hydrogen (secondary N) is 2. The maximum Gasteiger partial charge on any atom is 0.267 e. The molecule has 0 spiro atoms. The van der Waals surface area contributed by atoms with Crippen LogP contribution in [-0.4, -0.2) is 12.2 Å². The van der Waals surface area contributed by atoms with Crippen molar-refractivity contribution in [3.63, 3.8) is 0 Å².